The van der Waals surface area contributed by atoms with Gasteiger partial charge >= 0.3 is 5.97 Å². The summed E-state index contributed by atoms with van der Waals surface area (Å²) in [7, 11) is 0. The van der Waals surface area contributed by atoms with Crippen LogP contribution in [0.15, 0.2) is 34.9 Å². The number of aromatic nitrogens is 1. The van der Waals surface area contributed by atoms with Crippen LogP contribution in [0, 0.1) is 0 Å². The molecule has 22 heavy (non-hydrogen) atoms. The average molecular weight is 385 g/mol. The number of rotatable bonds is 7. The summed E-state index contributed by atoms with van der Waals surface area (Å²) in [4.78, 5) is 23.2. The van der Waals surface area contributed by atoms with E-state index in [0.717, 1.165) is 15.4 Å². The first-order valence-corrected chi connectivity index (χ1v) is 8.95. The van der Waals surface area contributed by atoms with Crippen molar-refractivity contribution in [2.75, 3.05) is 12.0 Å². The van der Waals surface area contributed by atoms with Crippen LogP contribution in [0.4, 0.5) is 0 Å². The number of amides is 1. The van der Waals surface area contributed by atoms with E-state index in [1.807, 2.05) is 41.3 Å². The summed E-state index contributed by atoms with van der Waals surface area (Å²) < 4.78 is 2.79. The Morgan fingerprint density at radius 3 is 2.86 bits per heavy atom. The van der Waals surface area contributed by atoms with E-state index >= 15 is 0 Å². The van der Waals surface area contributed by atoms with E-state index in [0.29, 0.717) is 12.2 Å². The van der Waals surface area contributed by atoms with Gasteiger partial charge in [-0.2, -0.15) is 11.8 Å². The molecule has 0 bridgehead atoms. The van der Waals surface area contributed by atoms with Crippen molar-refractivity contribution in [2.24, 2.45) is 0 Å². The van der Waals surface area contributed by atoms with Gasteiger partial charge in [0.25, 0.3) is 0 Å². The molecule has 0 aliphatic carbocycles. The van der Waals surface area contributed by atoms with Gasteiger partial charge < -0.3 is 15.0 Å². The third-order valence-electron chi connectivity index (χ3n) is 3.29. The number of nitrogens with one attached hydrogen (secondary N) is 1. The molecule has 7 heteroatoms. The Hall–Kier alpha value is -1.47. The Morgan fingerprint density at radius 1 is 1.41 bits per heavy atom. The molecule has 0 fully saturated rings. The number of hydrogen-bond acceptors (Lipinski definition) is 3. The molecule has 0 saturated heterocycles. The lowest BCUT2D eigenvalue weighted by Gasteiger charge is -2.14. The molecule has 118 valence electrons. The summed E-state index contributed by atoms with van der Waals surface area (Å²) in [6, 6.07) is 6.90. The fraction of sp³-hybridized carbons (Fsp3) is 0.333. The maximum absolute atomic E-state index is 12.1. The number of fused-ring (bicyclic) bond motifs is 1. The number of carbonyl (C=O) groups is 2. The zero-order valence-corrected chi connectivity index (χ0v) is 14.5. The molecule has 2 rings (SSSR count). The van der Waals surface area contributed by atoms with Crippen LogP contribution < -0.4 is 5.32 Å². The molecule has 5 nitrogen and oxygen atoms in total. The van der Waals surface area contributed by atoms with E-state index < -0.39 is 12.0 Å². The number of benzene rings is 1. The SMILES string of the molecule is CSCC[C@@H](NC(=O)Cn1ccc2cc(Br)ccc21)C(=O)O. The number of carboxylic acids is 1. The Bertz CT molecular complexity index is 686. The lowest BCUT2D eigenvalue weighted by molar-refractivity contribution is -0.141. The molecule has 1 aromatic carbocycles. The van der Waals surface area contributed by atoms with E-state index in [1.54, 1.807) is 11.8 Å². The molecule has 0 aliphatic heterocycles. The summed E-state index contributed by atoms with van der Waals surface area (Å²) in [5.41, 5.74) is 0.939. The van der Waals surface area contributed by atoms with E-state index in [9.17, 15) is 9.59 Å². The van der Waals surface area contributed by atoms with Crippen molar-refractivity contribution in [1.29, 1.82) is 0 Å². The lowest BCUT2D eigenvalue weighted by atomic mass is 10.2. The highest BCUT2D eigenvalue weighted by molar-refractivity contribution is 9.10. The molecule has 0 aliphatic rings. The number of hydrogen-bond donors (Lipinski definition) is 2. The fourth-order valence-electron chi connectivity index (χ4n) is 2.20. The van der Waals surface area contributed by atoms with E-state index in [4.69, 9.17) is 5.11 Å². The first-order valence-electron chi connectivity index (χ1n) is 6.76. The van der Waals surface area contributed by atoms with Crippen molar-refractivity contribution in [3.8, 4) is 0 Å². The van der Waals surface area contributed by atoms with Crippen molar-refractivity contribution < 1.29 is 14.7 Å². The zero-order chi connectivity index (χ0) is 16.1. The topological polar surface area (TPSA) is 71.3 Å². The van der Waals surface area contributed by atoms with E-state index in [-0.39, 0.29) is 12.5 Å². The number of halogens is 1. The van der Waals surface area contributed by atoms with Gasteiger partial charge in [0, 0.05) is 21.6 Å². The second-order valence-corrected chi connectivity index (χ2v) is 6.79. The van der Waals surface area contributed by atoms with Crippen LogP contribution in [0.3, 0.4) is 0 Å². The molecule has 0 unspecified atom stereocenters. The van der Waals surface area contributed by atoms with Gasteiger partial charge in [-0.3, -0.25) is 4.79 Å². The minimum absolute atomic E-state index is 0.105. The van der Waals surface area contributed by atoms with Crippen LogP contribution in [0.25, 0.3) is 10.9 Å². The van der Waals surface area contributed by atoms with Gasteiger partial charge in [0.15, 0.2) is 0 Å². The summed E-state index contributed by atoms with van der Waals surface area (Å²) in [5.74, 6) is -0.602. The number of aliphatic carboxylic acids is 1. The maximum atomic E-state index is 12.1. The number of carboxylic acid groups (broad SMARTS) is 1. The second-order valence-electron chi connectivity index (χ2n) is 4.89. The molecule has 1 heterocycles. The maximum Gasteiger partial charge on any atom is 0.326 e. The third-order valence-corrected chi connectivity index (χ3v) is 4.43. The van der Waals surface area contributed by atoms with Crippen LogP contribution in [0.1, 0.15) is 6.42 Å². The highest BCUT2D eigenvalue weighted by Crippen LogP contribution is 2.20. The van der Waals surface area contributed by atoms with Crippen molar-refractivity contribution in [2.45, 2.75) is 19.0 Å². The first-order chi connectivity index (χ1) is 10.5. The lowest BCUT2D eigenvalue weighted by Crippen LogP contribution is -2.42. The van der Waals surface area contributed by atoms with Crippen molar-refractivity contribution >= 4 is 50.5 Å². The van der Waals surface area contributed by atoms with Gasteiger partial charge in [-0.05, 0) is 42.7 Å². The molecule has 2 N–H and O–H groups in total. The quantitative estimate of drug-likeness (QED) is 0.769. The molecule has 0 saturated carbocycles. The van der Waals surface area contributed by atoms with E-state index in [2.05, 4.69) is 21.2 Å². The molecule has 1 amide bonds. The second kappa shape index (κ2) is 7.69. The summed E-state index contributed by atoms with van der Waals surface area (Å²) >= 11 is 4.97. The van der Waals surface area contributed by atoms with Gasteiger partial charge in [-0.1, -0.05) is 15.9 Å². The van der Waals surface area contributed by atoms with Gasteiger partial charge in [-0.25, -0.2) is 4.79 Å². The predicted octanol–water partition coefficient (Wildman–Crippen LogP) is 2.73. The van der Waals surface area contributed by atoms with Crippen molar-refractivity contribution in [3.63, 3.8) is 0 Å². The molecular weight excluding hydrogens is 368 g/mol. The first kappa shape index (κ1) is 16.9. The number of carbonyl (C=O) groups excluding carboxylic acids is 1. The van der Waals surface area contributed by atoms with Gasteiger partial charge in [0.05, 0.1) is 0 Å². The normalized spacial score (nSPS) is 12.3. The van der Waals surface area contributed by atoms with Crippen molar-refractivity contribution in [3.05, 3.63) is 34.9 Å². The van der Waals surface area contributed by atoms with Crippen molar-refractivity contribution in [1.82, 2.24) is 9.88 Å². The Kier molecular flexibility index (Phi) is 5.90. The van der Waals surface area contributed by atoms with Crippen LogP contribution in [-0.4, -0.2) is 39.6 Å². The molecule has 2 aromatic rings. The van der Waals surface area contributed by atoms with Crippen LogP contribution in [0.5, 0.6) is 0 Å². The van der Waals surface area contributed by atoms with Gasteiger partial charge in [0.1, 0.15) is 12.6 Å². The predicted molar refractivity (Wildman–Crippen MR) is 92.2 cm³/mol. The van der Waals surface area contributed by atoms with E-state index in [1.165, 1.54) is 0 Å². The fourth-order valence-corrected chi connectivity index (χ4v) is 3.05. The third kappa shape index (κ3) is 4.27. The summed E-state index contributed by atoms with van der Waals surface area (Å²) in [6.07, 6.45) is 4.15. The largest absolute Gasteiger partial charge is 0.480 e. The minimum Gasteiger partial charge on any atom is -0.480 e. The summed E-state index contributed by atoms with van der Waals surface area (Å²) in [5, 5.41) is 12.8. The highest BCUT2D eigenvalue weighted by atomic mass is 79.9. The van der Waals surface area contributed by atoms with Gasteiger partial charge in [-0.15, -0.1) is 0 Å². The number of nitrogens with zero attached hydrogens (tertiary/aromatic N) is 1. The van der Waals surface area contributed by atoms with Crippen LogP contribution >= 0.6 is 27.7 Å². The standard InChI is InChI=1S/C15H17BrN2O3S/c1-22-7-5-12(15(20)21)17-14(19)9-18-6-4-10-8-11(16)2-3-13(10)18/h2-4,6,8,12H,5,7,9H2,1H3,(H,17,19)(H,20,21)/t12-/m1/s1. The monoisotopic (exact) mass is 384 g/mol. The molecular formula is C15H17BrN2O3S. The van der Waals surface area contributed by atoms with Crippen LogP contribution in [0.2, 0.25) is 0 Å². The smallest absolute Gasteiger partial charge is 0.326 e. The Labute approximate surface area is 141 Å². The average Bonchev–Trinajstić information content (AvgIpc) is 2.85. The minimum atomic E-state index is -0.997. The van der Waals surface area contributed by atoms with Gasteiger partial charge in [0.2, 0.25) is 5.91 Å². The molecule has 0 spiro atoms. The molecule has 1 atom stereocenters. The Balaban J connectivity index is 2.05. The Morgan fingerprint density at radius 2 is 2.18 bits per heavy atom. The highest BCUT2D eigenvalue weighted by Gasteiger charge is 2.19. The van der Waals surface area contributed by atoms with Crippen LogP contribution in [-0.2, 0) is 16.1 Å². The number of thioether (sulfide) groups is 1. The zero-order valence-electron chi connectivity index (χ0n) is 12.1. The summed E-state index contributed by atoms with van der Waals surface area (Å²) in [6.45, 7) is 0.105. The molecule has 0 radical (unpaired) electrons. The molecule has 1 aromatic heterocycles.